The molecule has 7 aliphatic rings. The number of nitrogens with two attached hydrogens (primary N) is 1. The lowest BCUT2D eigenvalue weighted by Gasteiger charge is -2.31. The first-order valence-corrected chi connectivity index (χ1v) is 20.2. The van der Waals surface area contributed by atoms with Gasteiger partial charge in [-0.3, -0.25) is 0 Å². The van der Waals surface area contributed by atoms with Gasteiger partial charge in [-0.15, -0.1) is 0 Å². The van der Waals surface area contributed by atoms with E-state index in [0.29, 0.717) is 17.7 Å². The molecule has 1 fully saturated rings. The Labute approximate surface area is 328 Å². The Morgan fingerprint density at radius 3 is 1.60 bits per heavy atom. The second kappa shape index (κ2) is 11.7. The van der Waals surface area contributed by atoms with Crippen LogP contribution >= 0.6 is 0 Å². The number of nitrogens with zero attached hydrogens (tertiary/aromatic N) is 7. The minimum absolute atomic E-state index is 0.0730. The molecular formula is C49H37N8+. The van der Waals surface area contributed by atoms with Gasteiger partial charge in [0.15, 0.2) is 11.7 Å². The smallest absolute Gasteiger partial charge is 0.240 e. The fourth-order valence-corrected chi connectivity index (χ4v) is 10.3. The summed E-state index contributed by atoms with van der Waals surface area (Å²) in [6.45, 7) is 0. The predicted octanol–water partition coefficient (Wildman–Crippen LogP) is 7.33. The molecule has 8 heteroatoms. The van der Waals surface area contributed by atoms with E-state index in [1.54, 1.807) is 0 Å². The number of rotatable bonds is 0. The first kappa shape index (κ1) is 31.6. The van der Waals surface area contributed by atoms with Crippen molar-refractivity contribution in [2.75, 3.05) is 0 Å². The van der Waals surface area contributed by atoms with Crippen LogP contribution in [0.1, 0.15) is 36.8 Å². The van der Waals surface area contributed by atoms with Gasteiger partial charge in [-0.2, -0.15) is 9.98 Å². The summed E-state index contributed by atoms with van der Waals surface area (Å²) in [5.74, 6) is 7.13. The standard InChI is InChI=1S/C49H36N8/c1-57-48-40-24-32-16-8-9-17-33(32)25-41(40)49(57)56-47-39-23-31-15-7-5-13-29(31)21-37(39)45(54-47)52-43-35-19-27-11-3-2-10-26(27)18-34(35)42(50-43)51-44-36-20-28-12-4-6-14-30(28)22-38(36)46(53-44)55-48/h2-4,6,8-12,14,16-25,29,31,36,38H,5,7,13,15H2,1H3,(H,50,51,52,53,54,55,56)/p+1. The molecule has 6 aromatic rings. The molecule has 8 bridgehead atoms. The van der Waals surface area contributed by atoms with E-state index >= 15 is 0 Å². The molecule has 1 saturated carbocycles. The van der Waals surface area contributed by atoms with Gasteiger partial charge < -0.3 is 4.57 Å². The van der Waals surface area contributed by atoms with Crippen molar-refractivity contribution >= 4 is 91.1 Å². The fourth-order valence-electron chi connectivity index (χ4n) is 10.3. The Morgan fingerprint density at radius 1 is 0.509 bits per heavy atom. The number of hydrogen-bond donors (Lipinski definition) is 1. The van der Waals surface area contributed by atoms with Crippen LogP contribution in [0, 0.1) is 23.7 Å². The Hall–Kier alpha value is -6.64. The molecule has 5 aromatic carbocycles. The molecular weight excluding hydrogens is 701 g/mol. The van der Waals surface area contributed by atoms with E-state index < -0.39 is 0 Å². The summed E-state index contributed by atoms with van der Waals surface area (Å²) in [5.41, 5.74) is 4.30. The fraction of sp³-hybridized carbons (Fsp3) is 0.184. The SMILES string of the molecule is Cn1c2c3cc4ccccc4cc3c1N=C1N=C(N=C3[NH2+]C(=NC4=NC(=N2)C2=CC5CCCCC5C=C24)c2cc4ccccc4cc23)C2C=c3ccccc3=CC12. The number of aromatic nitrogens is 1. The molecule has 4 atom stereocenters. The zero-order valence-corrected chi connectivity index (χ0v) is 31.4. The van der Waals surface area contributed by atoms with Crippen molar-refractivity contribution in [2.24, 2.45) is 60.7 Å². The topological polar surface area (TPSA) is 95.7 Å². The van der Waals surface area contributed by atoms with Crippen LogP contribution in [0.4, 0.5) is 11.6 Å². The van der Waals surface area contributed by atoms with E-state index in [2.05, 4.69) is 138 Å². The average molecular weight is 738 g/mol. The van der Waals surface area contributed by atoms with Gasteiger partial charge in [-0.25, -0.2) is 25.3 Å². The van der Waals surface area contributed by atoms with Crippen LogP contribution in [0.25, 0.3) is 44.5 Å². The van der Waals surface area contributed by atoms with E-state index in [9.17, 15) is 0 Å². The van der Waals surface area contributed by atoms with Crippen LogP contribution in [-0.2, 0) is 7.05 Å². The van der Waals surface area contributed by atoms with Crippen LogP contribution in [0.5, 0.6) is 0 Å². The summed E-state index contributed by atoms with van der Waals surface area (Å²) in [6.07, 6.45) is 14.5. The molecule has 4 unspecified atom stereocenters. The number of benzene rings is 5. The van der Waals surface area contributed by atoms with Gasteiger partial charge in [-0.05, 0) is 80.9 Å². The minimum Gasteiger partial charge on any atom is -0.313 e. The summed E-state index contributed by atoms with van der Waals surface area (Å²) in [7, 11) is 2.08. The summed E-state index contributed by atoms with van der Waals surface area (Å²) in [6, 6.07) is 34.7. The Morgan fingerprint density at radius 2 is 1.00 bits per heavy atom. The van der Waals surface area contributed by atoms with Gasteiger partial charge in [0.1, 0.15) is 23.3 Å². The molecule has 0 spiro atoms. The first-order valence-electron chi connectivity index (χ1n) is 20.2. The quantitative estimate of drug-likeness (QED) is 0.169. The molecule has 3 aliphatic carbocycles. The molecule has 0 saturated heterocycles. The molecule has 1 aromatic heterocycles. The van der Waals surface area contributed by atoms with E-state index in [1.807, 2.05) is 0 Å². The monoisotopic (exact) mass is 737 g/mol. The lowest BCUT2D eigenvalue weighted by atomic mass is 9.74. The third-order valence-corrected chi connectivity index (χ3v) is 13.2. The van der Waals surface area contributed by atoms with Gasteiger partial charge >= 0.3 is 0 Å². The lowest BCUT2D eigenvalue weighted by molar-refractivity contribution is -0.400. The summed E-state index contributed by atoms with van der Waals surface area (Å²) >= 11 is 0. The lowest BCUT2D eigenvalue weighted by Crippen LogP contribution is -2.89. The van der Waals surface area contributed by atoms with Crippen LogP contribution in [0.15, 0.2) is 150 Å². The summed E-state index contributed by atoms with van der Waals surface area (Å²) in [4.78, 5) is 32.7. The van der Waals surface area contributed by atoms with Crippen molar-refractivity contribution in [1.82, 2.24) is 4.57 Å². The van der Waals surface area contributed by atoms with Crippen molar-refractivity contribution < 1.29 is 5.32 Å². The van der Waals surface area contributed by atoms with Crippen LogP contribution < -0.4 is 15.8 Å². The highest BCUT2D eigenvalue weighted by atomic mass is 15.2. The molecule has 0 amide bonds. The Kier molecular flexibility index (Phi) is 6.47. The van der Waals surface area contributed by atoms with Gasteiger partial charge in [0, 0.05) is 29.0 Å². The predicted molar refractivity (Wildman–Crippen MR) is 232 cm³/mol. The molecule has 8 nitrogen and oxygen atoms in total. The van der Waals surface area contributed by atoms with Crippen LogP contribution in [-0.4, -0.2) is 39.6 Å². The van der Waals surface area contributed by atoms with E-state index in [-0.39, 0.29) is 11.8 Å². The molecule has 272 valence electrons. The van der Waals surface area contributed by atoms with Gasteiger partial charge in [0.2, 0.25) is 11.7 Å². The van der Waals surface area contributed by atoms with E-state index in [4.69, 9.17) is 30.0 Å². The maximum absolute atomic E-state index is 5.52. The van der Waals surface area contributed by atoms with Crippen molar-refractivity contribution in [2.45, 2.75) is 25.7 Å². The zero-order chi connectivity index (χ0) is 37.4. The highest BCUT2D eigenvalue weighted by Gasteiger charge is 2.40. The molecule has 2 N–H and O–H groups in total. The van der Waals surface area contributed by atoms with Gasteiger partial charge in [0.05, 0.1) is 23.0 Å². The van der Waals surface area contributed by atoms with Crippen LogP contribution in [0.3, 0.4) is 0 Å². The first-order chi connectivity index (χ1) is 28.1. The zero-order valence-electron chi connectivity index (χ0n) is 31.4. The number of allylic oxidation sites excluding steroid dienone is 2. The maximum atomic E-state index is 5.52. The Bertz CT molecular complexity index is 3250. The largest absolute Gasteiger partial charge is 0.313 e. The molecule has 4 aliphatic heterocycles. The normalized spacial score (nSPS) is 23.9. The van der Waals surface area contributed by atoms with Crippen molar-refractivity contribution in [3.63, 3.8) is 0 Å². The van der Waals surface area contributed by atoms with Crippen molar-refractivity contribution in [3.8, 4) is 0 Å². The number of hydrogen-bond acceptors (Lipinski definition) is 6. The molecule has 5 heterocycles. The molecule has 57 heavy (non-hydrogen) atoms. The number of quaternary nitrogens is 1. The van der Waals surface area contributed by atoms with Crippen LogP contribution in [0.2, 0.25) is 0 Å². The summed E-state index contributed by atoms with van der Waals surface area (Å²) < 4.78 is 2.14. The van der Waals surface area contributed by atoms with Gasteiger partial charge in [-0.1, -0.05) is 110 Å². The Balaban J connectivity index is 1.13. The minimum atomic E-state index is -0.0779. The van der Waals surface area contributed by atoms with Crippen molar-refractivity contribution in [1.29, 1.82) is 0 Å². The third kappa shape index (κ3) is 4.71. The number of fused-ring (bicyclic) bond motifs is 22. The van der Waals surface area contributed by atoms with Gasteiger partial charge in [0.25, 0.3) is 0 Å². The number of amidine groups is 6. The van der Waals surface area contributed by atoms with E-state index in [1.165, 1.54) is 46.9 Å². The summed E-state index contributed by atoms with van der Waals surface area (Å²) in [5, 5.41) is 11.2. The van der Waals surface area contributed by atoms with Crippen molar-refractivity contribution in [3.05, 3.63) is 142 Å². The molecule has 13 rings (SSSR count). The maximum Gasteiger partial charge on any atom is 0.240 e. The van der Waals surface area contributed by atoms with E-state index in [0.717, 1.165) is 84.6 Å². The number of aliphatic imine (C=N–C) groups is 6. The highest BCUT2D eigenvalue weighted by molar-refractivity contribution is 6.30. The third-order valence-electron chi connectivity index (χ3n) is 13.2. The second-order valence-corrected chi connectivity index (χ2v) is 16.4. The average Bonchev–Trinajstić information content (AvgIpc) is 3.94. The molecule has 0 radical (unpaired) electrons. The second-order valence-electron chi connectivity index (χ2n) is 16.4. The highest BCUT2D eigenvalue weighted by Crippen LogP contribution is 2.45.